The van der Waals surface area contributed by atoms with Gasteiger partial charge in [0.15, 0.2) is 0 Å². The first-order chi connectivity index (χ1) is 9.95. The molecule has 2 rings (SSSR count). The van der Waals surface area contributed by atoms with Gasteiger partial charge in [-0.25, -0.2) is 0 Å². The van der Waals surface area contributed by atoms with Crippen LogP contribution < -0.4 is 5.32 Å². The SMILES string of the molecule is Cc1ccc(C)c(C(=O)Nc2cccc(CC(=O)O)c2)c1. The Morgan fingerprint density at radius 1 is 1.10 bits per heavy atom. The Bertz CT molecular complexity index is 692. The van der Waals surface area contributed by atoms with E-state index < -0.39 is 5.97 Å². The molecule has 21 heavy (non-hydrogen) atoms. The summed E-state index contributed by atoms with van der Waals surface area (Å²) in [5.74, 6) is -1.09. The fraction of sp³-hybridized carbons (Fsp3) is 0.176. The molecule has 4 nitrogen and oxygen atoms in total. The normalized spacial score (nSPS) is 10.2. The van der Waals surface area contributed by atoms with Crippen molar-refractivity contribution in [1.82, 2.24) is 0 Å². The zero-order valence-corrected chi connectivity index (χ0v) is 12.0. The van der Waals surface area contributed by atoms with Crippen LogP contribution in [0.25, 0.3) is 0 Å². The summed E-state index contributed by atoms with van der Waals surface area (Å²) >= 11 is 0. The first kappa shape index (κ1) is 14.8. The lowest BCUT2D eigenvalue weighted by Gasteiger charge is -2.09. The summed E-state index contributed by atoms with van der Waals surface area (Å²) in [7, 11) is 0. The summed E-state index contributed by atoms with van der Waals surface area (Å²) in [5.41, 5.74) is 3.80. The first-order valence-electron chi connectivity index (χ1n) is 6.65. The molecule has 2 aromatic carbocycles. The zero-order valence-electron chi connectivity index (χ0n) is 12.0. The lowest BCUT2D eigenvalue weighted by atomic mass is 10.0. The van der Waals surface area contributed by atoms with Gasteiger partial charge in [-0.2, -0.15) is 0 Å². The number of carbonyl (C=O) groups excluding carboxylic acids is 1. The molecule has 0 fully saturated rings. The van der Waals surface area contributed by atoms with Crippen molar-refractivity contribution in [2.75, 3.05) is 5.32 Å². The molecule has 0 saturated carbocycles. The summed E-state index contributed by atoms with van der Waals surface area (Å²) in [6, 6.07) is 12.6. The number of carbonyl (C=O) groups is 2. The van der Waals surface area contributed by atoms with Gasteiger partial charge in [-0.05, 0) is 43.2 Å². The second-order valence-electron chi connectivity index (χ2n) is 5.04. The van der Waals surface area contributed by atoms with Gasteiger partial charge in [-0.3, -0.25) is 9.59 Å². The average Bonchev–Trinajstić information content (AvgIpc) is 2.41. The highest BCUT2D eigenvalue weighted by Gasteiger charge is 2.10. The lowest BCUT2D eigenvalue weighted by molar-refractivity contribution is -0.136. The Morgan fingerprint density at radius 3 is 2.57 bits per heavy atom. The van der Waals surface area contributed by atoms with Gasteiger partial charge in [0, 0.05) is 11.3 Å². The molecular weight excluding hydrogens is 266 g/mol. The topological polar surface area (TPSA) is 66.4 Å². The summed E-state index contributed by atoms with van der Waals surface area (Å²) in [6.45, 7) is 3.82. The van der Waals surface area contributed by atoms with Crippen LogP contribution in [0.5, 0.6) is 0 Å². The molecule has 0 spiro atoms. The van der Waals surface area contributed by atoms with Crippen LogP contribution in [0.1, 0.15) is 27.0 Å². The van der Waals surface area contributed by atoms with E-state index in [1.807, 2.05) is 32.0 Å². The van der Waals surface area contributed by atoms with Crippen molar-refractivity contribution in [3.63, 3.8) is 0 Å². The number of carboxylic acids is 1. The zero-order chi connectivity index (χ0) is 15.4. The number of benzene rings is 2. The Balaban J connectivity index is 2.19. The standard InChI is InChI=1S/C17H17NO3/c1-11-6-7-12(2)15(8-11)17(21)18-14-5-3-4-13(9-14)10-16(19)20/h3-9H,10H2,1-2H3,(H,18,21)(H,19,20). The van der Waals surface area contributed by atoms with E-state index in [2.05, 4.69) is 5.32 Å². The van der Waals surface area contributed by atoms with Crippen molar-refractivity contribution in [3.8, 4) is 0 Å². The first-order valence-corrected chi connectivity index (χ1v) is 6.65. The fourth-order valence-corrected chi connectivity index (χ4v) is 2.11. The summed E-state index contributed by atoms with van der Waals surface area (Å²) in [4.78, 5) is 23.0. The maximum atomic E-state index is 12.3. The average molecular weight is 283 g/mol. The van der Waals surface area contributed by atoms with Crippen molar-refractivity contribution < 1.29 is 14.7 Å². The molecule has 0 bridgehead atoms. The number of anilines is 1. The quantitative estimate of drug-likeness (QED) is 0.905. The van der Waals surface area contributed by atoms with Gasteiger partial charge in [0.2, 0.25) is 0 Å². The minimum Gasteiger partial charge on any atom is -0.481 e. The lowest BCUT2D eigenvalue weighted by Crippen LogP contribution is -2.14. The van der Waals surface area contributed by atoms with Gasteiger partial charge in [0.05, 0.1) is 6.42 Å². The van der Waals surface area contributed by atoms with Crippen molar-refractivity contribution in [2.45, 2.75) is 20.3 Å². The second kappa shape index (κ2) is 6.22. The van der Waals surface area contributed by atoms with Gasteiger partial charge in [0.1, 0.15) is 0 Å². The van der Waals surface area contributed by atoms with Gasteiger partial charge < -0.3 is 10.4 Å². The number of hydrogen-bond acceptors (Lipinski definition) is 2. The maximum Gasteiger partial charge on any atom is 0.307 e. The van der Waals surface area contributed by atoms with E-state index in [0.29, 0.717) is 16.8 Å². The largest absolute Gasteiger partial charge is 0.481 e. The third-order valence-electron chi connectivity index (χ3n) is 3.18. The van der Waals surface area contributed by atoms with Crippen LogP contribution in [0.3, 0.4) is 0 Å². The molecule has 0 saturated heterocycles. The molecule has 0 aliphatic heterocycles. The molecule has 108 valence electrons. The molecule has 2 aromatic rings. The predicted octanol–water partition coefficient (Wildman–Crippen LogP) is 3.18. The molecule has 2 N–H and O–H groups in total. The molecule has 0 radical (unpaired) electrons. The van der Waals surface area contributed by atoms with Crippen LogP contribution in [0, 0.1) is 13.8 Å². The Hall–Kier alpha value is -2.62. The van der Waals surface area contributed by atoms with Crippen molar-refractivity contribution in [2.24, 2.45) is 0 Å². The van der Waals surface area contributed by atoms with Crippen molar-refractivity contribution >= 4 is 17.6 Å². The van der Waals surface area contributed by atoms with Crippen molar-refractivity contribution in [1.29, 1.82) is 0 Å². The molecular formula is C17H17NO3. The van der Waals surface area contributed by atoms with Gasteiger partial charge in [-0.15, -0.1) is 0 Å². The smallest absolute Gasteiger partial charge is 0.307 e. The highest BCUT2D eigenvalue weighted by atomic mass is 16.4. The number of aryl methyl sites for hydroxylation is 2. The Labute approximate surface area is 123 Å². The number of carboxylic acid groups (broad SMARTS) is 1. The van der Waals surface area contributed by atoms with E-state index in [9.17, 15) is 9.59 Å². The summed E-state index contributed by atoms with van der Waals surface area (Å²) in [5, 5.41) is 11.6. The van der Waals surface area contributed by atoms with Gasteiger partial charge in [-0.1, -0.05) is 29.8 Å². The molecule has 1 amide bonds. The molecule has 0 atom stereocenters. The van der Waals surface area contributed by atoms with E-state index in [1.54, 1.807) is 24.3 Å². The Kier molecular flexibility index (Phi) is 4.38. The maximum absolute atomic E-state index is 12.3. The van der Waals surface area contributed by atoms with Gasteiger partial charge >= 0.3 is 5.97 Å². The number of amides is 1. The molecule has 0 aliphatic carbocycles. The van der Waals surface area contributed by atoms with Crippen LogP contribution in [0.15, 0.2) is 42.5 Å². The van der Waals surface area contributed by atoms with Gasteiger partial charge in [0.25, 0.3) is 5.91 Å². The molecule has 4 heteroatoms. The van der Waals surface area contributed by atoms with E-state index >= 15 is 0 Å². The minimum absolute atomic E-state index is 0.0623. The third kappa shape index (κ3) is 3.92. The van der Waals surface area contributed by atoms with Crippen LogP contribution >= 0.6 is 0 Å². The molecule has 0 aliphatic rings. The predicted molar refractivity (Wildman–Crippen MR) is 81.7 cm³/mol. The molecule has 0 unspecified atom stereocenters. The van der Waals surface area contributed by atoms with Crippen LogP contribution in [-0.4, -0.2) is 17.0 Å². The highest BCUT2D eigenvalue weighted by Crippen LogP contribution is 2.16. The van der Waals surface area contributed by atoms with Crippen LogP contribution in [0.2, 0.25) is 0 Å². The fourth-order valence-electron chi connectivity index (χ4n) is 2.11. The van der Waals surface area contributed by atoms with Crippen LogP contribution in [0.4, 0.5) is 5.69 Å². The number of aliphatic carboxylic acids is 1. The Morgan fingerprint density at radius 2 is 1.86 bits per heavy atom. The summed E-state index contributed by atoms with van der Waals surface area (Å²) < 4.78 is 0. The molecule has 0 heterocycles. The number of nitrogens with one attached hydrogen (secondary N) is 1. The number of hydrogen-bond donors (Lipinski definition) is 2. The highest BCUT2D eigenvalue weighted by molar-refractivity contribution is 6.05. The van der Waals surface area contributed by atoms with Crippen LogP contribution in [-0.2, 0) is 11.2 Å². The monoisotopic (exact) mass is 283 g/mol. The van der Waals surface area contributed by atoms with E-state index in [1.165, 1.54) is 0 Å². The number of rotatable bonds is 4. The minimum atomic E-state index is -0.895. The third-order valence-corrected chi connectivity index (χ3v) is 3.18. The van der Waals surface area contributed by atoms with Crippen molar-refractivity contribution in [3.05, 3.63) is 64.7 Å². The van der Waals surface area contributed by atoms with E-state index in [-0.39, 0.29) is 12.3 Å². The molecule has 0 aromatic heterocycles. The van der Waals surface area contributed by atoms with E-state index in [0.717, 1.165) is 11.1 Å². The second-order valence-corrected chi connectivity index (χ2v) is 5.04. The summed E-state index contributed by atoms with van der Waals surface area (Å²) in [6.07, 6.45) is -0.0623. The van der Waals surface area contributed by atoms with E-state index in [4.69, 9.17) is 5.11 Å².